The van der Waals surface area contributed by atoms with Gasteiger partial charge in [0, 0.05) is 13.6 Å². The first kappa shape index (κ1) is 12.3. The normalized spacial score (nSPS) is 16.2. The van der Waals surface area contributed by atoms with Gasteiger partial charge in [-0.1, -0.05) is 33.1 Å². The maximum Gasteiger partial charge on any atom is 0.147 e. The summed E-state index contributed by atoms with van der Waals surface area (Å²) in [6, 6.07) is 0. The van der Waals surface area contributed by atoms with E-state index in [-0.39, 0.29) is 0 Å². The van der Waals surface area contributed by atoms with Gasteiger partial charge in [0.25, 0.3) is 0 Å². The Kier molecular flexibility index (Phi) is 3.60. The van der Waals surface area contributed by atoms with Crippen LogP contribution in [0, 0.1) is 5.92 Å². The molecule has 4 nitrogen and oxygen atoms in total. The lowest BCUT2D eigenvalue weighted by Gasteiger charge is -2.25. The van der Waals surface area contributed by atoms with E-state index in [2.05, 4.69) is 24.3 Å². The second kappa shape index (κ2) is 4.98. The maximum atomic E-state index is 6.12. The fourth-order valence-electron chi connectivity index (χ4n) is 2.37. The van der Waals surface area contributed by atoms with Crippen molar-refractivity contribution in [2.45, 2.75) is 45.4 Å². The highest BCUT2D eigenvalue weighted by Gasteiger charge is 2.18. The van der Waals surface area contributed by atoms with Crippen molar-refractivity contribution in [1.82, 2.24) is 9.78 Å². The zero-order valence-corrected chi connectivity index (χ0v) is 11.2. The van der Waals surface area contributed by atoms with Crippen LogP contribution in [0.4, 0.5) is 11.5 Å². The Morgan fingerprint density at radius 2 is 2.18 bits per heavy atom. The molecule has 0 amide bonds. The van der Waals surface area contributed by atoms with Crippen LogP contribution in [0.2, 0.25) is 0 Å². The molecule has 1 aromatic heterocycles. The van der Waals surface area contributed by atoms with Crippen molar-refractivity contribution in [1.29, 1.82) is 0 Å². The van der Waals surface area contributed by atoms with Crippen LogP contribution in [0.15, 0.2) is 0 Å². The summed E-state index contributed by atoms with van der Waals surface area (Å²) in [7, 11) is 1.95. The molecule has 3 N–H and O–H groups in total. The molecule has 0 saturated heterocycles. The molecule has 2 rings (SSSR count). The first-order chi connectivity index (χ1) is 8.09. The number of anilines is 2. The van der Waals surface area contributed by atoms with Gasteiger partial charge in [-0.25, -0.2) is 0 Å². The van der Waals surface area contributed by atoms with E-state index in [9.17, 15) is 0 Å². The summed E-state index contributed by atoms with van der Waals surface area (Å²) >= 11 is 0. The fraction of sp³-hybridized carbons (Fsp3) is 0.769. The van der Waals surface area contributed by atoms with Gasteiger partial charge in [-0.3, -0.25) is 4.68 Å². The number of nitrogens with one attached hydrogen (secondary N) is 1. The number of hydrogen-bond donors (Lipinski definition) is 2. The van der Waals surface area contributed by atoms with Crippen LogP contribution in [0.25, 0.3) is 0 Å². The van der Waals surface area contributed by atoms with Crippen molar-refractivity contribution in [3.8, 4) is 0 Å². The third-order valence-corrected chi connectivity index (χ3v) is 3.73. The molecule has 0 unspecified atom stereocenters. The summed E-state index contributed by atoms with van der Waals surface area (Å²) in [5.41, 5.74) is 7.94. The van der Waals surface area contributed by atoms with Crippen molar-refractivity contribution in [3.63, 3.8) is 0 Å². The first-order valence-corrected chi connectivity index (χ1v) is 6.65. The van der Waals surface area contributed by atoms with Gasteiger partial charge in [-0.15, -0.1) is 0 Å². The zero-order valence-electron chi connectivity index (χ0n) is 11.2. The summed E-state index contributed by atoms with van der Waals surface area (Å²) in [5.74, 6) is 2.29. The van der Waals surface area contributed by atoms with Crippen LogP contribution in [0.1, 0.15) is 51.1 Å². The van der Waals surface area contributed by atoms with E-state index in [1.54, 1.807) is 0 Å². The number of nitrogens with two attached hydrogens (primary N) is 1. The summed E-state index contributed by atoms with van der Waals surface area (Å²) < 4.78 is 1.87. The van der Waals surface area contributed by atoms with Gasteiger partial charge >= 0.3 is 0 Å². The topological polar surface area (TPSA) is 55.9 Å². The highest BCUT2D eigenvalue weighted by molar-refractivity contribution is 5.65. The molecule has 0 spiro atoms. The molecule has 1 aliphatic carbocycles. The lowest BCUT2D eigenvalue weighted by atomic mass is 9.83. The van der Waals surface area contributed by atoms with Gasteiger partial charge in [0.05, 0.1) is 11.4 Å². The Morgan fingerprint density at radius 1 is 1.47 bits per heavy atom. The minimum absolute atomic E-state index is 0.378. The standard InChI is InChI=1S/C13H24N4/c1-9(2)12-11(14)13(17(3)16-12)15-8-7-10-5-4-6-10/h9-10,15H,4-8,14H2,1-3H3. The lowest BCUT2D eigenvalue weighted by Crippen LogP contribution is -2.17. The summed E-state index contributed by atoms with van der Waals surface area (Å²) in [5, 5.41) is 7.90. The van der Waals surface area contributed by atoms with Crippen molar-refractivity contribution in [3.05, 3.63) is 5.69 Å². The van der Waals surface area contributed by atoms with E-state index < -0.39 is 0 Å². The first-order valence-electron chi connectivity index (χ1n) is 6.65. The molecule has 1 aromatic rings. The minimum Gasteiger partial charge on any atom is -0.394 e. The highest BCUT2D eigenvalue weighted by Crippen LogP contribution is 2.30. The Hall–Kier alpha value is -1.19. The van der Waals surface area contributed by atoms with E-state index in [0.717, 1.165) is 29.7 Å². The number of hydrogen-bond acceptors (Lipinski definition) is 3. The van der Waals surface area contributed by atoms with Gasteiger partial charge < -0.3 is 11.1 Å². The lowest BCUT2D eigenvalue weighted by molar-refractivity contribution is 0.303. The van der Waals surface area contributed by atoms with Crippen molar-refractivity contribution >= 4 is 11.5 Å². The van der Waals surface area contributed by atoms with Crippen LogP contribution < -0.4 is 11.1 Å². The van der Waals surface area contributed by atoms with Crippen LogP contribution >= 0.6 is 0 Å². The second-order valence-corrected chi connectivity index (χ2v) is 5.44. The molecular weight excluding hydrogens is 212 g/mol. The smallest absolute Gasteiger partial charge is 0.147 e. The van der Waals surface area contributed by atoms with E-state index in [1.165, 1.54) is 25.7 Å². The van der Waals surface area contributed by atoms with Crippen LogP contribution in [-0.4, -0.2) is 16.3 Å². The average Bonchev–Trinajstić information content (AvgIpc) is 2.48. The predicted octanol–water partition coefficient (Wildman–Crippen LogP) is 2.73. The number of aryl methyl sites for hydroxylation is 1. The number of rotatable bonds is 5. The van der Waals surface area contributed by atoms with Crippen LogP contribution in [0.5, 0.6) is 0 Å². The molecule has 1 aliphatic rings. The van der Waals surface area contributed by atoms with E-state index in [1.807, 2.05) is 11.7 Å². The molecule has 1 fully saturated rings. The molecule has 0 radical (unpaired) electrons. The minimum atomic E-state index is 0.378. The van der Waals surface area contributed by atoms with E-state index >= 15 is 0 Å². The third kappa shape index (κ3) is 2.56. The molecule has 4 heteroatoms. The SMILES string of the molecule is CC(C)c1nn(C)c(NCCC2CCC2)c1N. The van der Waals surface area contributed by atoms with Gasteiger partial charge in [0.1, 0.15) is 5.82 Å². The van der Waals surface area contributed by atoms with Gasteiger partial charge in [0.2, 0.25) is 0 Å². The molecular formula is C13H24N4. The highest BCUT2D eigenvalue weighted by atomic mass is 15.3. The second-order valence-electron chi connectivity index (χ2n) is 5.44. The van der Waals surface area contributed by atoms with Crippen LogP contribution in [0.3, 0.4) is 0 Å². The Morgan fingerprint density at radius 3 is 2.65 bits per heavy atom. The molecule has 0 bridgehead atoms. The Bertz CT molecular complexity index is 377. The van der Waals surface area contributed by atoms with Crippen molar-refractivity contribution < 1.29 is 0 Å². The van der Waals surface area contributed by atoms with Gasteiger partial charge in [-0.2, -0.15) is 5.10 Å². The Labute approximate surface area is 104 Å². The monoisotopic (exact) mass is 236 g/mol. The average molecular weight is 236 g/mol. The van der Waals surface area contributed by atoms with Gasteiger partial charge in [-0.05, 0) is 18.3 Å². The largest absolute Gasteiger partial charge is 0.394 e. The summed E-state index contributed by atoms with van der Waals surface area (Å²) in [6.45, 7) is 5.25. The Balaban J connectivity index is 1.94. The zero-order chi connectivity index (χ0) is 12.4. The molecule has 17 heavy (non-hydrogen) atoms. The van der Waals surface area contributed by atoms with Crippen molar-refractivity contribution in [2.75, 3.05) is 17.6 Å². The maximum absolute atomic E-state index is 6.12. The van der Waals surface area contributed by atoms with Crippen LogP contribution in [-0.2, 0) is 7.05 Å². The van der Waals surface area contributed by atoms with Gasteiger partial charge in [0.15, 0.2) is 0 Å². The van der Waals surface area contributed by atoms with E-state index in [4.69, 9.17) is 5.73 Å². The fourth-order valence-corrected chi connectivity index (χ4v) is 2.37. The van der Waals surface area contributed by atoms with Crippen molar-refractivity contribution in [2.24, 2.45) is 13.0 Å². The third-order valence-electron chi connectivity index (χ3n) is 3.73. The molecule has 0 aliphatic heterocycles. The number of nitrogens with zero attached hydrogens (tertiary/aromatic N) is 2. The number of aromatic nitrogens is 2. The molecule has 1 saturated carbocycles. The molecule has 96 valence electrons. The number of nitrogen functional groups attached to an aromatic ring is 1. The molecule has 0 aromatic carbocycles. The summed E-state index contributed by atoms with van der Waals surface area (Å²) in [4.78, 5) is 0. The molecule has 1 heterocycles. The summed E-state index contributed by atoms with van der Waals surface area (Å²) in [6.07, 6.45) is 5.47. The predicted molar refractivity (Wildman–Crippen MR) is 72.2 cm³/mol. The van der Waals surface area contributed by atoms with E-state index in [0.29, 0.717) is 5.92 Å². The quantitative estimate of drug-likeness (QED) is 0.826. The molecule has 0 atom stereocenters.